The van der Waals surface area contributed by atoms with Gasteiger partial charge in [0, 0.05) is 30.1 Å². The Morgan fingerprint density at radius 3 is 2.07 bits per heavy atom. The molecule has 2 aromatic carbocycles. The smallest absolute Gasteiger partial charge is 0.219 e. The van der Waals surface area contributed by atoms with Crippen LogP contribution in [0.1, 0.15) is 0 Å². The van der Waals surface area contributed by atoms with Crippen molar-refractivity contribution >= 4 is 27.1 Å². The molecule has 3 heterocycles. The lowest BCUT2D eigenvalue weighted by molar-refractivity contribution is -0.509. The molecule has 0 N–H and O–H groups in total. The fourth-order valence-electron chi connectivity index (χ4n) is 3.97. The van der Waals surface area contributed by atoms with Crippen molar-refractivity contribution in [3.63, 3.8) is 0 Å². The van der Waals surface area contributed by atoms with Crippen molar-refractivity contribution in [3.8, 4) is 28.4 Å². The number of nitrogens with zero attached hydrogens (tertiary/aromatic N) is 2. The molecule has 0 saturated carbocycles. The molecular formula is C25H21N2O3+. The van der Waals surface area contributed by atoms with Crippen LogP contribution in [0.2, 0.25) is 0 Å². The van der Waals surface area contributed by atoms with Crippen molar-refractivity contribution < 1.29 is 18.6 Å². The van der Waals surface area contributed by atoms with Crippen LogP contribution in [0.4, 0.5) is 0 Å². The van der Waals surface area contributed by atoms with Gasteiger partial charge in [-0.2, -0.15) is 4.40 Å². The van der Waals surface area contributed by atoms with Crippen LogP contribution in [0.25, 0.3) is 38.2 Å². The molecule has 148 valence electrons. The van der Waals surface area contributed by atoms with Gasteiger partial charge in [0.2, 0.25) is 5.52 Å². The average molecular weight is 397 g/mol. The number of fused-ring (bicyclic) bond motifs is 4. The Kier molecular flexibility index (Phi) is 4.36. The second-order valence-electron chi connectivity index (χ2n) is 7.09. The number of ether oxygens (including phenoxy) is 3. The first-order chi connectivity index (χ1) is 14.7. The first-order valence-corrected chi connectivity index (χ1v) is 9.63. The Labute approximate surface area is 174 Å². The quantitative estimate of drug-likeness (QED) is 0.248. The summed E-state index contributed by atoms with van der Waals surface area (Å²) in [5, 5.41) is 4.42. The van der Waals surface area contributed by atoms with Crippen LogP contribution < -0.4 is 18.6 Å². The van der Waals surface area contributed by atoms with E-state index >= 15 is 0 Å². The van der Waals surface area contributed by atoms with Gasteiger partial charge in [0.05, 0.1) is 32.1 Å². The van der Waals surface area contributed by atoms with Crippen LogP contribution in [0.15, 0.2) is 73.3 Å². The maximum absolute atomic E-state index is 5.69. The van der Waals surface area contributed by atoms with Gasteiger partial charge < -0.3 is 14.2 Å². The summed E-state index contributed by atoms with van der Waals surface area (Å²) in [6.07, 6.45) is 7.77. The summed E-state index contributed by atoms with van der Waals surface area (Å²) < 4.78 is 18.8. The molecule has 0 atom stereocenters. The van der Waals surface area contributed by atoms with Crippen molar-refractivity contribution in [2.75, 3.05) is 21.3 Å². The van der Waals surface area contributed by atoms with Crippen molar-refractivity contribution in [2.24, 2.45) is 0 Å². The number of hydrogen-bond donors (Lipinski definition) is 0. The fraction of sp³-hybridized carbons (Fsp3) is 0.120. The zero-order chi connectivity index (χ0) is 20.7. The van der Waals surface area contributed by atoms with E-state index in [1.807, 2.05) is 24.3 Å². The molecule has 5 rings (SSSR count). The van der Waals surface area contributed by atoms with E-state index in [0.29, 0.717) is 5.75 Å². The maximum atomic E-state index is 5.69. The zero-order valence-corrected chi connectivity index (χ0v) is 17.0. The standard InChI is InChI=1S/C25H21N2O3/c1-28-23-11-17-6-9-27-15-19-13-25(30-3)24(29-2)12-18(19)10-22(27)20(17)14-21(23)16-4-7-26-8-5-16/h4-15H,1-3H3/q+1. The lowest BCUT2D eigenvalue weighted by Crippen LogP contribution is -2.20. The largest absolute Gasteiger partial charge is 0.496 e. The van der Waals surface area contributed by atoms with Gasteiger partial charge in [-0.05, 0) is 52.7 Å². The molecule has 0 unspecified atom stereocenters. The van der Waals surface area contributed by atoms with E-state index in [-0.39, 0.29) is 0 Å². The third kappa shape index (κ3) is 2.87. The van der Waals surface area contributed by atoms with Crippen LogP contribution in [-0.4, -0.2) is 26.3 Å². The van der Waals surface area contributed by atoms with Gasteiger partial charge in [0.15, 0.2) is 23.9 Å². The molecule has 0 aliphatic carbocycles. The topological polar surface area (TPSA) is 44.7 Å². The van der Waals surface area contributed by atoms with E-state index in [1.165, 1.54) is 0 Å². The molecule has 3 aromatic heterocycles. The van der Waals surface area contributed by atoms with Gasteiger partial charge in [-0.1, -0.05) is 0 Å². The average Bonchev–Trinajstić information content (AvgIpc) is 2.81. The number of rotatable bonds is 4. The number of pyridine rings is 3. The molecule has 0 aliphatic heterocycles. The lowest BCUT2D eigenvalue weighted by Gasteiger charge is -2.11. The number of methoxy groups -OCH3 is 3. The van der Waals surface area contributed by atoms with Crippen LogP contribution in [-0.2, 0) is 0 Å². The van der Waals surface area contributed by atoms with Gasteiger partial charge >= 0.3 is 0 Å². The Bertz CT molecular complexity index is 1400. The first-order valence-electron chi connectivity index (χ1n) is 9.63. The van der Waals surface area contributed by atoms with Gasteiger partial charge in [-0.25, -0.2) is 0 Å². The zero-order valence-electron chi connectivity index (χ0n) is 17.0. The summed E-state index contributed by atoms with van der Waals surface area (Å²) in [5.74, 6) is 2.27. The highest BCUT2D eigenvalue weighted by Crippen LogP contribution is 2.36. The van der Waals surface area contributed by atoms with Crippen LogP contribution in [0.5, 0.6) is 17.2 Å². The summed E-state index contributed by atoms with van der Waals surface area (Å²) in [6, 6.07) is 16.6. The molecule has 0 fully saturated rings. The summed E-state index contributed by atoms with van der Waals surface area (Å²) in [5.41, 5.74) is 3.20. The van der Waals surface area contributed by atoms with E-state index in [2.05, 4.69) is 46.0 Å². The lowest BCUT2D eigenvalue weighted by atomic mass is 10.00. The third-order valence-corrected chi connectivity index (χ3v) is 5.49. The third-order valence-electron chi connectivity index (χ3n) is 5.49. The number of hydrogen-bond acceptors (Lipinski definition) is 4. The predicted molar refractivity (Wildman–Crippen MR) is 118 cm³/mol. The Morgan fingerprint density at radius 2 is 1.37 bits per heavy atom. The van der Waals surface area contributed by atoms with Gasteiger partial charge in [0.25, 0.3) is 0 Å². The minimum absolute atomic E-state index is 0.716. The molecule has 0 bridgehead atoms. The minimum Gasteiger partial charge on any atom is -0.496 e. The molecule has 5 heteroatoms. The molecule has 0 saturated heterocycles. The van der Waals surface area contributed by atoms with Crippen molar-refractivity contribution in [3.05, 3.63) is 73.3 Å². The van der Waals surface area contributed by atoms with Crippen molar-refractivity contribution in [2.45, 2.75) is 0 Å². The van der Waals surface area contributed by atoms with Crippen LogP contribution in [0.3, 0.4) is 0 Å². The van der Waals surface area contributed by atoms with E-state index in [1.54, 1.807) is 33.7 Å². The summed E-state index contributed by atoms with van der Waals surface area (Å²) in [4.78, 5) is 4.14. The second-order valence-corrected chi connectivity index (χ2v) is 7.09. The Morgan fingerprint density at radius 1 is 0.700 bits per heavy atom. The molecule has 0 radical (unpaired) electrons. The molecular weight excluding hydrogens is 376 g/mol. The van der Waals surface area contributed by atoms with E-state index < -0.39 is 0 Å². The number of aromatic nitrogens is 2. The predicted octanol–water partition coefficient (Wildman–Crippen LogP) is 4.82. The Hall–Kier alpha value is -3.86. The fourth-order valence-corrected chi connectivity index (χ4v) is 3.97. The molecule has 5 aromatic rings. The van der Waals surface area contributed by atoms with E-state index in [9.17, 15) is 0 Å². The minimum atomic E-state index is 0.716. The summed E-state index contributed by atoms with van der Waals surface area (Å²) >= 11 is 0. The normalized spacial score (nSPS) is 11.2. The molecule has 0 amide bonds. The molecule has 0 aliphatic rings. The first kappa shape index (κ1) is 18.2. The van der Waals surface area contributed by atoms with Crippen LogP contribution >= 0.6 is 0 Å². The van der Waals surface area contributed by atoms with E-state index in [0.717, 1.165) is 49.7 Å². The summed E-state index contributed by atoms with van der Waals surface area (Å²) in [6.45, 7) is 0. The highest BCUT2D eigenvalue weighted by molar-refractivity contribution is 6.01. The molecule has 30 heavy (non-hydrogen) atoms. The monoisotopic (exact) mass is 397 g/mol. The SMILES string of the molecule is COc1cc2cc3c4cc(-c5ccncc5)c(OC)cc4cc[n+]3cc2cc1OC. The maximum Gasteiger partial charge on any atom is 0.219 e. The van der Waals surface area contributed by atoms with E-state index in [4.69, 9.17) is 14.2 Å². The number of benzene rings is 2. The van der Waals surface area contributed by atoms with Crippen molar-refractivity contribution in [1.29, 1.82) is 0 Å². The Balaban J connectivity index is 1.83. The second kappa shape index (κ2) is 7.19. The highest BCUT2D eigenvalue weighted by atomic mass is 16.5. The highest BCUT2D eigenvalue weighted by Gasteiger charge is 2.16. The summed E-state index contributed by atoms with van der Waals surface area (Å²) in [7, 11) is 5.01. The molecule has 0 spiro atoms. The van der Waals surface area contributed by atoms with Crippen LogP contribution in [0, 0.1) is 0 Å². The van der Waals surface area contributed by atoms with Crippen molar-refractivity contribution in [1.82, 2.24) is 4.98 Å². The van der Waals surface area contributed by atoms with Gasteiger partial charge in [-0.15, -0.1) is 0 Å². The van der Waals surface area contributed by atoms with Gasteiger partial charge in [0.1, 0.15) is 5.75 Å². The van der Waals surface area contributed by atoms with Gasteiger partial charge in [-0.3, -0.25) is 4.98 Å². The molecule has 5 nitrogen and oxygen atoms in total.